The van der Waals surface area contributed by atoms with Crippen molar-refractivity contribution in [3.63, 3.8) is 0 Å². The fraction of sp³-hybridized carbons (Fsp3) is 0. The van der Waals surface area contributed by atoms with Crippen LogP contribution in [0.5, 0.6) is 0 Å². The van der Waals surface area contributed by atoms with Gasteiger partial charge >= 0.3 is 39.9 Å². The predicted octanol–water partition coefficient (Wildman–Crippen LogP) is -7.94. The van der Waals surface area contributed by atoms with E-state index in [4.69, 9.17) is 17.5 Å². The summed E-state index contributed by atoms with van der Waals surface area (Å²) in [5.74, 6) is 0. The van der Waals surface area contributed by atoms with Crippen LogP contribution in [0.2, 0.25) is 0 Å². The Bertz CT molecular complexity index is 93.5. The van der Waals surface area contributed by atoms with Crippen LogP contribution in [-0.2, 0) is 10.4 Å². The molecule has 0 aromatic heterocycles. The second-order valence-electron chi connectivity index (χ2n) is 0.408. The smallest absolute Gasteiger partial charge is 0.759 e. The SMILES string of the molecule is O.O.O.O.O.O.O.O.O=S(=O)([O-])[O-].[Th+4]. The van der Waals surface area contributed by atoms with E-state index in [-0.39, 0.29) is 83.7 Å². The van der Waals surface area contributed by atoms with Crippen LogP contribution in [0, 0.1) is 39.9 Å². The van der Waals surface area contributed by atoms with Crippen molar-refractivity contribution in [2.45, 2.75) is 0 Å². The molecule has 14 heteroatoms. The zero-order valence-corrected chi connectivity index (χ0v) is 11.5. The van der Waals surface area contributed by atoms with Gasteiger partial charge in [0.2, 0.25) is 0 Å². The maximum atomic E-state index is 8.52. The van der Waals surface area contributed by atoms with E-state index < -0.39 is 10.4 Å². The van der Waals surface area contributed by atoms with Crippen LogP contribution in [-0.4, -0.2) is 61.3 Å². The third-order valence-corrected chi connectivity index (χ3v) is 0. The summed E-state index contributed by atoms with van der Waals surface area (Å²) < 4.78 is 34.1. The summed E-state index contributed by atoms with van der Waals surface area (Å²) in [6.45, 7) is 0. The van der Waals surface area contributed by atoms with E-state index in [1.807, 2.05) is 0 Å². The molecule has 0 spiro atoms. The van der Waals surface area contributed by atoms with E-state index in [0.717, 1.165) is 0 Å². The molecule has 14 heavy (non-hydrogen) atoms. The van der Waals surface area contributed by atoms with Crippen molar-refractivity contribution in [1.82, 2.24) is 0 Å². The van der Waals surface area contributed by atoms with E-state index in [1.54, 1.807) is 0 Å². The second kappa shape index (κ2) is 48.7. The molecule has 12 nitrogen and oxygen atoms in total. The molecule has 0 atom stereocenters. The third kappa shape index (κ3) is 2370. The zero-order chi connectivity index (χ0) is 4.50. The second-order valence-corrected chi connectivity index (χ2v) is 1.22. The Labute approximate surface area is 111 Å². The van der Waals surface area contributed by atoms with Gasteiger partial charge in [-0.05, 0) is 0 Å². The van der Waals surface area contributed by atoms with Gasteiger partial charge in [0.1, 0.15) is 0 Å². The minimum atomic E-state index is -5.17. The predicted molar refractivity (Wildman–Crippen MR) is 39.4 cm³/mol. The van der Waals surface area contributed by atoms with Gasteiger partial charge in [0.15, 0.2) is 0 Å². The fourth-order valence-corrected chi connectivity index (χ4v) is 0. The zero-order valence-electron chi connectivity index (χ0n) is 6.54. The summed E-state index contributed by atoms with van der Waals surface area (Å²) in [4.78, 5) is 0. The van der Waals surface area contributed by atoms with Gasteiger partial charge in [-0.3, -0.25) is 8.42 Å². The standard InChI is InChI=1S/H2O4S.8H2O.Th/c1-5(2,3)4;;;;;;;;;/h(H2,1,2,3,4);8*1H2;/q;;;;;;;;;+4/p-2. The Kier molecular flexibility index (Phi) is 419. The molecule has 0 aliphatic rings. The first-order valence-corrected chi connectivity index (χ1v) is 2.00. The molecule has 0 radical (unpaired) electrons. The molecule has 0 unspecified atom stereocenters. The van der Waals surface area contributed by atoms with Crippen molar-refractivity contribution in [2.75, 3.05) is 0 Å². The van der Waals surface area contributed by atoms with Crippen molar-refractivity contribution in [3.8, 4) is 0 Å². The molecule has 0 bridgehead atoms. The van der Waals surface area contributed by atoms with Crippen LogP contribution in [0.3, 0.4) is 0 Å². The molecule has 0 saturated heterocycles. The van der Waals surface area contributed by atoms with Crippen LogP contribution >= 0.6 is 0 Å². The quantitative estimate of drug-likeness (QED) is 0.245. The summed E-state index contributed by atoms with van der Waals surface area (Å²) >= 11 is 0. The first kappa shape index (κ1) is 121. The Morgan fingerprint density at radius 1 is 0.571 bits per heavy atom. The molecular formula is H16O12STh+2. The van der Waals surface area contributed by atoms with E-state index in [2.05, 4.69) is 0 Å². The number of hydrogen-bond acceptors (Lipinski definition) is 4. The average Bonchev–Trinajstić information content (AvgIpc) is 0.722. The molecule has 0 amide bonds. The Hall–Kier alpha value is 0.875. The van der Waals surface area contributed by atoms with Crippen molar-refractivity contribution in [3.05, 3.63) is 0 Å². The molecule has 96 valence electrons. The van der Waals surface area contributed by atoms with Crippen LogP contribution in [0.4, 0.5) is 0 Å². The Balaban J connectivity index is -0.00000000222. The van der Waals surface area contributed by atoms with Crippen LogP contribution in [0.15, 0.2) is 0 Å². The van der Waals surface area contributed by atoms with Gasteiger partial charge in [-0.1, -0.05) is 0 Å². The number of hydrogen-bond donors (Lipinski definition) is 0. The first-order chi connectivity index (χ1) is 2.00. The molecular weight excluding hydrogens is 456 g/mol. The molecule has 16 N–H and O–H groups in total. The minimum absolute atomic E-state index is 0. The summed E-state index contributed by atoms with van der Waals surface area (Å²) in [5.41, 5.74) is 0. The van der Waals surface area contributed by atoms with Crippen molar-refractivity contribution >= 4 is 10.4 Å². The Morgan fingerprint density at radius 2 is 0.571 bits per heavy atom. The van der Waals surface area contributed by atoms with Gasteiger partial charge in [0.05, 0.1) is 0 Å². The van der Waals surface area contributed by atoms with Crippen LogP contribution in [0.1, 0.15) is 0 Å². The van der Waals surface area contributed by atoms with Crippen molar-refractivity contribution in [2.24, 2.45) is 0 Å². The molecule has 0 aliphatic carbocycles. The van der Waals surface area contributed by atoms with Gasteiger partial charge < -0.3 is 52.9 Å². The van der Waals surface area contributed by atoms with Crippen LogP contribution in [0.25, 0.3) is 0 Å². The van der Waals surface area contributed by atoms with E-state index in [1.165, 1.54) is 0 Å². The van der Waals surface area contributed by atoms with E-state index in [0.29, 0.717) is 0 Å². The van der Waals surface area contributed by atoms with Crippen LogP contribution < -0.4 is 0 Å². The van der Waals surface area contributed by atoms with E-state index >= 15 is 0 Å². The molecule has 0 heterocycles. The topological polar surface area (TPSA) is 332 Å². The fourth-order valence-electron chi connectivity index (χ4n) is 0. The van der Waals surface area contributed by atoms with Gasteiger partial charge in [-0.25, -0.2) is 0 Å². The van der Waals surface area contributed by atoms with Gasteiger partial charge in [-0.15, -0.1) is 0 Å². The summed E-state index contributed by atoms with van der Waals surface area (Å²) in [5, 5.41) is 0. The normalized spacial score (nSPS) is 4.14. The third-order valence-electron chi connectivity index (χ3n) is 0. The molecule has 0 aromatic carbocycles. The van der Waals surface area contributed by atoms with Gasteiger partial charge in [-0.2, -0.15) is 0 Å². The molecule has 0 saturated carbocycles. The van der Waals surface area contributed by atoms with Crippen molar-refractivity contribution < 1.29 is 101 Å². The van der Waals surface area contributed by atoms with E-state index in [9.17, 15) is 0 Å². The maximum absolute atomic E-state index is 8.52. The molecule has 0 aliphatic heterocycles. The average molecular weight is 472 g/mol. The monoisotopic (exact) mass is 472 g/mol. The molecule has 0 aromatic rings. The van der Waals surface area contributed by atoms with Crippen molar-refractivity contribution in [1.29, 1.82) is 0 Å². The minimum Gasteiger partial charge on any atom is -0.759 e. The summed E-state index contributed by atoms with van der Waals surface area (Å²) in [7, 11) is -5.17. The molecule has 0 fully saturated rings. The Morgan fingerprint density at radius 3 is 0.571 bits per heavy atom. The maximum Gasteiger partial charge on any atom is 4.00 e. The largest absolute Gasteiger partial charge is 4.00 e. The van der Waals surface area contributed by atoms with Gasteiger partial charge in [0, 0.05) is 10.4 Å². The first-order valence-electron chi connectivity index (χ1n) is 0.667. The summed E-state index contributed by atoms with van der Waals surface area (Å²) in [6.07, 6.45) is 0. The van der Waals surface area contributed by atoms with Gasteiger partial charge in [0.25, 0.3) is 0 Å². The summed E-state index contributed by atoms with van der Waals surface area (Å²) in [6, 6.07) is 0. The number of rotatable bonds is 0. The molecule has 0 rings (SSSR count).